The number of nitrogens with one attached hydrogen (secondary N) is 1. The molecule has 21 heavy (non-hydrogen) atoms. The number of phenols is 1. The highest BCUT2D eigenvalue weighted by atomic mass is 79.9. The van der Waals surface area contributed by atoms with Crippen LogP contribution in [-0.2, 0) is 6.54 Å². The second-order valence-corrected chi connectivity index (χ2v) is 5.12. The van der Waals surface area contributed by atoms with Gasteiger partial charge in [-0.25, -0.2) is 0 Å². The quantitative estimate of drug-likeness (QED) is 0.831. The van der Waals surface area contributed by atoms with Crippen LogP contribution in [0.5, 0.6) is 11.5 Å². The Labute approximate surface area is 127 Å². The molecule has 0 aliphatic heterocycles. The molecule has 0 bridgehead atoms. The van der Waals surface area contributed by atoms with Gasteiger partial charge >= 0.3 is 6.36 Å². The van der Waals surface area contributed by atoms with Gasteiger partial charge in [0.25, 0.3) is 0 Å². The third kappa shape index (κ3) is 4.86. The molecule has 112 valence electrons. The number of phenolic OH excluding ortho intramolecular Hbond substituents is 1. The molecule has 0 spiro atoms. The molecule has 0 aliphatic rings. The van der Waals surface area contributed by atoms with Crippen molar-refractivity contribution in [3.05, 3.63) is 52.5 Å². The van der Waals surface area contributed by atoms with E-state index in [0.29, 0.717) is 11.0 Å². The van der Waals surface area contributed by atoms with Crippen molar-refractivity contribution in [2.24, 2.45) is 0 Å². The van der Waals surface area contributed by atoms with Crippen LogP contribution < -0.4 is 10.1 Å². The van der Waals surface area contributed by atoms with Gasteiger partial charge in [-0.2, -0.15) is 0 Å². The average molecular weight is 362 g/mol. The summed E-state index contributed by atoms with van der Waals surface area (Å²) in [6.45, 7) is 0.302. The molecule has 2 aromatic carbocycles. The number of halogens is 4. The van der Waals surface area contributed by atoms with Crippen LogP contribution in [0.1, 0.15) is 5.56 Å². The summed E-state index contributed by atoms with van der Waals surface area (Å²) in [4.78, 5) is 0. The number of rotatable bonds is 4. The van der Waals surface area contributed by atoms with Gasteiger partial charge in [-0.15, -0.1) is 13.2 Å². The lowest BCUT2D eigenvalue weighted by molar-refractivity contribution is -0.274. The van der Waals surface area contributed by atoms with Gasteiger partial charge in [0.15, 0.2) is 5.75 Å². The molecule has 3 nitrogen and oxygen atoms in total. The van der Waals surface area contributed by atoms with Gasteiger partial charge < -0.3 is 15.2 Å². The van der Waals surface area contributed by atoms with E-state index in [4.69, 9.17) is 0 Å². The first-order valence-corrected chi connectivity index (χ1v) is 6.70. The highest BCUT2D eigenvalue weighted by Crippen LogP contribution is 2.33. The van der Waals surface area contributed by atoms with Crippen LogP contribution in [0.4, 0.5) is 18.9 Å². The number of hydrogen-bond donors (Lipinski definition) is 2. The van der Waals surface area contributed by atoms with E-state index in [1.165, 1.54) is 24.3 Å². The van der Waals surface area contributed by atoms with Crippen molar-refractivity contribution in [2.45, 2.75) is 12.9 Å². The highest BCUT2D eigenvalue weighted by Gasteiger charge is 2.32. The first-order chi connectivity index (χ1) is 9.83. The summed E-state index contributed by atoms with van der Waals surface area (Å²) in [5.74, 6) is -0.181. The molecule has 0 aliphatic carbocycles. The molecule has 2 aromatic rings. The fourth-order valence-electron chi connectivity index (χ4n) is 1.66. The van der Waals surface area contributed by atoms with Crippen molar-refractivity contribution in [1.82, 2.24) is 0 Å². The van der Waals surface area contributed by atoms with Gasteiger partial charge in [0, 0.05) is 11.0 Å². The molecule has 0 unspecified atom stereocenters. The monoisotopic (exact) mass is 361 g/mol. The third-order valence-corrected chi connectivity index (χ3v) is 3.08. The Kier molecular flexibility index (Phi) is 4.62. The lowest BCUT2D eigenvalue weighted by atomic mass is 10.2. The van der Waals surface area contributed by atoms with E-state index in [1.54, 1.807) is 18.2 Å². The summed E-state index contributed by atoms with van der Waals surface area (Å²) < 4.78 is 41.6. The minimum Gasteiger partial charge on any atom is -0.508 e. The number of ether oxygens (including phenoxy) is 1. The number of anilines is 1. The standard InChI is InChI=1S/C14H11BrF3NO2/c15-10-3-6-12(13(7-10)21-14(16,17)18)19-8-9-1-4-11(20)5-2-9/h1-7,19-20H,8H2. The van der Waals surface area contributed by atoms with E-state index in [1.807, 2.05) is 0 Å². The minimum absolute atomic E-state index is 0.128. The number of hydrogen-bond acceptors (Lipinski definition) is 3. The van der Waals surface area contributed by atoms with Crippen LogP contribution >= 0.6 is 15.9 Å². The summed E-state index contributed by atoms with van der Waals surface area (Å²) >= 11 is 3.10. The summed E-state index contributed by atoms with van der Waals surface area (Å²) in [7, 11) is 0. The summed E-state index contributed by atoms with van der Waals surface area (Å²) in [5, 5.41) is 12.0. The summed E-state index contributed by atoms with van der Waals surface area (Å²) in [6.07, 6.45) is -4.75. The van der Waals surface area contributed by atoms with Crippen molar-refractivity contribution >= 4 is 21.6 Å². The average Bonchev–Trinajstić information content (AvgIpc) is 2.38. The maximum atomic E-state index is 12.4. The molecule has 0 aromatic heterocycles. The molecule has 0 fully saturated rings. The Balaban J connectivity index is 2.13. The van der Waals surface area contributed by atoms with Crippen LogP contribution in [0.25, 0.3) is 0 Å². The first-order valence-electron chi connectivity index (χ1n) is 5.90. The van der Waals surface area contributed by atoms with Crippen molar-refractivity contribution in [1.29, 1.82) is 0 Å². The van der Waals surface area contributed by atoms with Crippen LogP contribution in [0.15, 0.2) is 46.9 Å². The maximum absolute atomic E-state index is 12.4. The molecular formula is C14H11BrF3NO2. The predicted molar refractivity (Wildman–Crippen MR) is 76.3 cm³/mol. The summed E-state index contributed by atoms with van der Waals surface area (Å²) in [6, 6.07) is 10.7. The third-order valence-electron chi connectivity index (χ3n) is 2.59. The normalized spacial score (nSPS) is 11.2. The molecule has 0 radical (unpaired) electrons. The van der Waals surface area contributed by atoms with Gasteiger partial charge in [-0.1, -0.05) is 28.1 Å². The Bertz CT molecular complexity index is 615. The van der Waals surface area contributed by atoms with Crippen LogP contribution in [0, 0.1) is 0 Å². The van der Waals surface area contributed by atoms with Crippen LogP contribution in [0.3, 0.4) is 0 Å². The molecule has 2 N–H and O–H groups in total. The van der Waals surface area contributed by atoms with Gasteiger partial charge in [-0.3, -0.25) is 0 Å². The SMILES string of the molecule is Oc1ccc(CNc2ccc(Br)cc2OC(F)(F)F)cc1. The summed E-state index contributed by atoms with van der Waals surface area (Å²) in [5.41, 5.74) is 1.04. The number of alkyl halides is 3. The van der Waals surface area contributed by atoms with Gasteiger partial charge in [0.2, 0.25) is 0 Å². The van der Waals surface area contributed by atoms with E-state index >= 15 is 0 Å². The first kappa shape index (κ1) is 15.5. The Morgan fingerprint density at radius 1 is 1.10 bits per heavy atom. The van der Waals surface area contributed by atoms with E-state index in [2.05, 4.69) is 26.0 Å². The zero-order valence-electron chi connectivity index (χ0n) is 10.6. The zero-order chi connectivity index (χ0) is 15.5. The second kappa shape index (κ2) is 6.26. The van der Waals surface area contributed by atoms with Gasteiger partial charge in [-0.05, 0) is 35.9 Å². The smallest absolute Gasteiger partial charge is 0.508 e. The van der Waals surface area contributed by atoms with Crippen molar-refractivity contribution in [2.75, 3.05) is 5.32 Å². The van der Waals surface area contributed by atoms with Crippen molar-refractivity contribution in [3.8, 4) is 11.5 Å². The van der Waals surface area contributed by atoms with Gasteiger partial charge in [0.05, 0.1) is 5.69 Å². The van der Waals surface area contributed by atoms with Crippen LogP contribution in [-0.4, -0.2) is 11.5 Å². The molecular weight excluding hydrogens is 351 g/mol. The maximum Gasteiger partial charge on any atom is 0.573 e. The second-order valence-electron chi connectivity index (χ2n) is 4.21. The minimum atomic E-state index is -4.75. The van der Waals surface area contributed by atoms with E-state index in [-0.39, 0.29) is 17.2 Å². The lowest BCUT2D eigenvalue weighted by Gasteiger charge is -2.15. The Morgan fingerprint density at radius 3 is 2.38 bits per heavy atom. The van der Waals surface area contributed by atoms with Crippen molar-refractivity contribution in [3.63, 3.8) is 0 Å². The zero-order valence-corrected chi connectivity index (χ0v) is 12.2. The van der Waals surface area contributed by atoms with Crippen molar-refractivity contribution < 1.29 is 23.0 Å². The molecule has 7 heteroatoms. The van der Waals surface area contributed by atoms with E-state index in [0.717, 1.165) is 5.56 Å². The fourth-order valence-corrected chi connectivity index (χ4v) is 2.00. The topological polar surface area (TPSA) is 41.5 Å². The molecule has 0 saturated heterocycles. The van der Waals surface area contributed by atoms with E-state index < -0.39 is 6.36 Å². The van der Waals surface area contributed by atoms with E-state index in [9.17, 15) is 18.3 Å². The molecule has 0 atom stereocenters. The lowest BCUT2D eigenvalue weighted by Crippen LogP contribution is -2.18. The molecule has 2 rings (SSSR count). The molecule has 0 heterocycles. The molecule has 0 amide bonds. The Hall–Kier alpha value is -1.89. The highest BCUT2D eigenvalue weighted by molar-refractivity contribution is 9.10. The fraction of sp³-hybridized carbons (Fsp3) is 0.143. The number of aromatic hydroxyl groups is 1. The Morgan fingerprint density at radius 2 is 1.76 bits per heavy atom. The predicted octanol–water partition coefficient (Wildman–Crippen LogP) is 4.67. The molecule has 0 saturated carbocycles. The number of benzene rings is 2. The largest absolute Gasteiger partial charge is 0.573 e. The van der Waals surface area contributed by atoms with Crippen LogP contribution in [0.2, 0.25) is 0 Å². The van der Waals surface area contributed by atoms with Gasteiger partial charge in [0.1, 0.15) is 5.75 Å².